The molecule has 1 heterocycles. The summed E-state index contributed by atoms with van der Waals surface area (Å²) in [5.41, 5.74) is -0.534. The number of urea groups is 1. The predicted octanol–water partition coefficient (Wildman–Crippen LogP) is 1.51. The molecule has 0 aromatic heterocycles. The highest BCUT2D eigenvalue weighted by atomic mass is 16.4. The second-order valence-corrected chi connectivity index (χ2v) is 6.69. The fraction of sp³-hybridized carbons (Fsp3) is 0.867. The first-order valence-electron chi connectivity index (χ1n) is 7.87. The SMILES string of the molecule is CN(C)C1CCCN(C(=O)NC2(CC(=O)O)CCCC2)C1. The summed E-state index contributed by atoms with van der Waals surface area (Å²) in [6.07, 6.45) is 5.68. The Balaban J connectivity index is 1.97. The molecule has 1 aliphatic heterocycles. The molecule has 0 radical (unpaired) electrons. The number of aliphatic carboxylic acids is 1. The molecule has 2 fully saturated rings. The molecule has 1 unspecified atom stereocenters. The van der Waals surface area contributed by atoms with E-state index in [-0.39, 0.29) is 12.5 Å². The van der Waals surface area contributed by atoms with Crippen LogP contribution in [-0.2, 0) is 4.79 Å². The molecular weight excluding hydrogens is 270 g/mol. The smallest absolute Gasteiger partial charge is 0.317 e. The Morgan fingerprint density at radius 2 is 1.95 bits per heavy atom. The summed E-state index contributed by atoms with van der Waals surface area (Å²) in [6, 6.07) is 0.299. The van der Waals surface area contributed by atoms with E-state index in [1.165, 1.54) is 0 Å². The molecule has 0 aromatic carbocycles. The third kappa shape index (κ3) is 4.09. The van der Waals surface area contributed by atoms with Crippen molar-refractivity contribution in [1.82, 2.24) is 15.1 Å². The van der Waals surface area contributed by atoms with E-state index in [9.17, 15) is 9.59 Å². The van der Waals surface area contributed by atoms with Crippen LogP contribution in [0.2, 0.25) is 0 Å². The zero-order valence-electron chi connectivity index (χ0n) is 13.1. The summed E-state index contributed by atoms with van der Waals surface area (Å²) < 4.78 is 0. The maximum absolute atomic E-state index is 12.5. The van der Waals surface area contributed by atoms with Gasteiger partial charge in [0.05, 0.1) is 12.0 Å². The first-order chi connectivity index (χ1) is 9.92. The number of nitrogens with one attached hydrogen (secondary N) is 1. The van der Waals surface area contributed by atoms with Gasteiger partial charge >= 0.3 is 12.0 Å². The predicted molar refractivity (Wildman–Crippen MR) is 80.3 cm³/mol. The van der Waals surface area contributed by atoms with Crippen LogP contribution in [0.1, 0.15) is 44.9 Å². The monoisotopic (exact) mass is 297 g/mol. The van der Waals surface area contributed by atoms with E-state index >= 15 is 0 Å². The lowest BCUT2D eigenvalue weighted by molar-refractivity contribution is -0.138. The quantitative estimate of drug-likeness (QED) is 0.825. The van der Waals surface area contributed by atoms with Crippen LogP contribution in [0.15, 0.2) is 0 Å². The van der Waals surface area contributed by atoms with Gasteiger partial charge in [-0.05, 0) is 39.8 Å². The van der Waals surface area contributed by atoms with Crippen molar-refractivity contribution in [3.8, 4) is 0 Å². The van der Waals surface area contributed by atoms with Crippen molar-refractivity contribution < 1.29 is 14.7 Å². The number of rotatable bonds is 4. The van der Waals surface area contributed by atoms with Gasteiger partial charge in [-0.1, -0.05) is 12.8 Å². The van der Waals surface area contributed by atoms with Crippen molar-refractivity contribution in [2.75, 3.05) is 27.2 Å². The van der Waals surface area contributed by atoms with Gasteiger partial charge in [0.1, 0.15) is 0 Å². The third-order valence-corrected chi connectivity index (χ3v) is 4.84. The van der Waals surface area contributed by atoms with Crippen LogP contribution in [0.3, 0.4) is 0 Å². The van der Waals surface area contributed by atoms with Crippen molar-refractivity contribution in [3.05, 3.63) is 0 Å². The van der Waals surface area contributed by atoms with Crippen LogP contribution in [0, 0.1) is 0 Å². The lowest BCUT2D eigenvalue weighted by atomic mass is 9.93. The van der Waals surface area contributed by atoms with Crippen molar-refractivity contribution >= 4 is 12.0 Å². The van der Waals surface area contributed by atoms with Gasteiger partial charge in [-0.3, -0.25) is 4.79 Å². The highest BCUT2D eigenvalue weighted by Crippen LogP contribution is 2.33. The van der Waals surface area contributed by atoms with E-state index in [1.807, 2.05) is 19.0 Å². The van der Waals surface area contributed by atoms with Crippen LogP contribution >= 0.6 is 0 Å². The zero-order chi connectivity index (χ0) is 15.5. The molecule has 1 saturated heterocycles. The molecule has 2 N–H and O–H groups in total. The van der Waals surface area contributed by atoms with E-state index in [0.29, 0.717) is 6.04 Å². The molecule has 21 heavy (non-hydrogen) atoms. The summed E-state index contributed by atoms with van der Waals surface area (Å²) in [7, 11) is 4.07. The van der Waals surface area contributed by atoms with Crippen LogP contribution in [0.5, 0.6) is 0 Å². The number of carboxylic acids is 1. The van der Waals surface area contributed by atoms with Gasteiger partial charge in [-0.25, -0.2) is 4.79 Å². The normalized spacial score (nSPS) is 25.1. The highest BCUT2D eigenvalue weighted by molar-refractivity contribution is 5.77. The number of amides is 2. The van der Waals surface area contributed by atoms with Crippen molar-refractivity contribution in [2.45, 2.75) is 56.5 Å². The Hall–Kier alpha value is -1.30. The van der Waals surface area contributed by atoms with E-state index in [0.717, 1.165) is 51.6 Å². The van der Waals surface area contributed by atoms with Gasteiger partial charge in [0.25, 0.3) is 0 Å². The van der Waals surface area contributed by atoms with Gasteiger partial charge in [0.15, 0.2) is 0 Å². The molecule has 2 rings (SSSR count). The molecule has 6 nitrogen and oxygen atoms in total. The maximum atomic E-state index is 12.5. The van der Waals surface area contributed by atoms with Crippen LogP contribution in [0.25, 0.3) is 0 Å². The number of likely N-dealkylation sites (N-methyl/N-ethyl adjacent to an activating group) is 1. The van der Waals surface area contributed by atoms with Crippen LogP contribution < -0.4 is 5.32 Å². The average molecular weight is 297 g/mol. The minimum absolute atomic E-state index is 0.0314. The minimum Gasteiger partial charge on any atom is -0.481 e. The van der Waals surface area contributed by atoms with Crippen molar-refractivity contribution in [3.63, 3.8) is 0 Å². The molecule has 0 spiro atoms. The number of hydrogen-bond acceptors (Lipinski definition) is 3. The van der Waals surface area contributed by atoms with Gasteiger partial charge in [-0.15, -0.1) is 0 Å². The number of piperidine rings is 1. The summed E-state index contributed by atoms with van der Waals surface area (Å²) in [5, 5.41) is 12.1. The number of hydrogen-bond donors (Lipinski definition) is 2. The Bertz CT molecular complexity index is 392. The summed E-state index contributed by atoms with van der Waals surface area (Å²) in [4.78, 5) is 27.6. The van der Waals surface area contributed by atoms with Crippen LogP contribution in [0.4, 0.5) is 4.79 Å². The lowest BCUT2D eigenvalue weighted by Gasteiger charge is -2.38. The summed E-state index contributed by atoms with van der Waals surface area (Å²) >= 11 is 0. The second-order valence-electron chi connectivity index (χ2n) is 6.69. The van der Waals surface area contributed by atoms with Crippen molar-refractivity contribution in [1.29, 1.82) is 0 Å². The van der Waals surface area contributed by atoms with Gasteiger partial charge in [-0.2, -0.15) is 0 Å². The molecule has 0 aromatic rings. The molecule has 120 valence electrons. The van der Waals surface area contributed by atoms with Gasteiger partial charge in [0.2, 0.25) is 0 Å². The van der Waals surface area contributed by atoms with E-state index in [4.69, 9.17) is 5.11 Å². The lowest BCUT2D eigenvalue weighted by Crippen LogP contribution is -2.56. The molecule has 1 atom stereocenters. The zero-order valence-corrected chi connectivity index (χ0v) is 13.1. The average Bonchev–Trinajstić information content (AvgIpc) is 2.86. The number of carbonyl (C=O) groups excluding carboxylic acids is 1. The molecule has 1 saturated carbocycles. The second kappa shape index (κ2) is 6.64. The number of nitrogens with zero attached hydrogens (tertiary/aromatic N) is 2. The van der Waals surface area contributed by atoms with Gasteiger partial charge in [0, 0.05) is 19.1 Å². The summed E-state index contributed by atoms with van der Waals surface area (Å²) in [5.74, 6) is -0.831. The highest BCUT2D eigenvalue weighted by Gasteiger charge is 2.39. The largest absolute Gasteiger partial charge is 0.481 e. The molecule has 6 heteroatoms. The molecule has 0 bridgehead atoms. The van der Waals surface area contributed by atoms with E-state index in [2.05, 4.69) is 10.2 Å². The molecule has 2 aliphatic rings. The Labute approximate surface area is 126 Å². The Morgan fingerprint density at radius 3 is 2.52 bits per heavy atom. The number of likely N-dealkylation sites (tertiary alicyclic amines) is 1. The first-order valence-corrected chi connectivity index (χ1v) is 7.87. The van der Waals surface area contributed by atoms with Crippen molar-refractivity contribution in [2.24, 2.45) is 0 Å². The van der Waals surface area contributed by atoms with E-state index in [1.54, 1.807) is 0 Å². The Morgan fingerprint density at radius 1 is 1.29 bits per heavy atom. The molecule has 2 amide bonds. The topological polar surface area (TPSA) is 72.9 Å². The number of carboxylic acid groups (broad SMARTS) is 1. The third-order valence-electron chi connectivity index (χ3n) is 4.84. The first kappa shape index (κ1) is 16.1. The molecular formula is C15H27N3O3. The van der Waals surface area contributed by atoms with E-state index < -0.39 is 11.5 Å². The fourth-order valence-electron chi connectivity index (χ4n) is 3.55. The fourth-order valence-corrected chi connectivity index (χ4v) is 3.55. The maximum Gasteiger partial charge on any atom is 0.317 e. The minimum atomic E-state index is -0.831. The number of carbonyl (C=O) groups is 2. The van der Waals surface area contributed by atoms with Crippen LogP contribution in [-0.4, -0.2) is 65.7 Å². The summed E-state index contributed by atoms with van der Waals surface area (Å²) in [6.45, 7) is 1.49. The Kier molecular flexibility index (Phi) is 5.08. The standard InChI is InChI=1S/C15H27N3O3/c1-17(2)12-6-5-9-18(11-12)14(21)16-15(10-13(19)20)7-3-4-8-15/h12H,3-11H2,1-2H3,(H,16,21)(H,19,20). The van der Waals surface area contributed by atoms with Gasteiger partial charge < -0.3 is 20.2 Å². The molecule has 1 aliphatic carbocycles.